The van der Waals surface area contributed by atoms with Crippen LogP contribution in [0.3, 0.4) is 0 Å². The Balaban J connectivity index is 0.000000690. The fraction of sp³-hybridized carbons (Fsp3) is 0.308. The van der Waals surface area contributed by atoms with Gasteiger partial charge in [-0.15, -0.1) is 0 Å². The molecule has 0 fully saturated rings. The molecular formula is C13H19N3O5. The molecule has 1 unspecified atom stereocenters. The molecule has 0 aliphatic heterocycles. The van der Waals surface area contributed by atoms with Gasteiger partial charge in [-0.3, -0.25) is 9.59 Å². The summed E-state index contributed by atoms with van der Waals surface area (Å²) in [7, 11) is 0. The van der Waals surface area contributed by atoms with Gasteiger partial charge in [0.25, 0.3) is 0 Å². The van der Waals surface area contributed by atoms with Crippen LogP contribution >= 0.6 is 0 Å². The van der Waals surface area contributed by atoms with Gasteiger partial charge in [-0.1, -0.05) is 30.3 Å². The number of ether oxygens (including phenoxy) is 1. The van der Waals surface area contributed by atoms with Gasteiger partial charge >= 0.3 is 12.1 Å². The highest BCUT2D eigenvalue weighted by Crippen LogP contribution is 2.00. The summed E-state index contributed by atoms with van der Waals surface area (Å²) in [5.41, 5.74) is 10.4. The molecule has 8 heteroatoms. The predicted molar refractivity (Wildman–Crippen MR) is 75.1 cm³/mol. The van der Waals surface area contributed by atoms with Crippen LogP contribution in [0.15, 0.2) is 30.3 Å². The molecule has 1 aromatic carbocycles. The molecule has 0 aliphatic rings. The van der Waals surface area contributed by atoms with Gasteiger partial charge in [-0.25, -0.2) is 4.79 Å². The number of amides is 2. The first kappa shape index (κ1) is 18.4. The molecular weight excluding hydrogens is 278 g/mol. The average molecular weight is 297 g/mol. The lowest BCUT2D eigenvalue weighted by Gasteiger charge is -2.10. The maximum Gasteiger partial charge on any atom is 0.408 e. The Morgan fingerprint density at radius 2 is 1.81 bits per heavy atom. The number of carbonyl (C=O) groups excluding carboxylic acids is 2. The summed E-state index contributed by atoms with van der Waals surface area (Å²) in [4.78, 5) is 31.1. The second kappa shape index (κ2) is 10.2. The number of primary amides is 1. The molecule has 0 heterocycles. The molecule has 1 aromatic rings. The van der Waals surface area contributed by atoms with Gasteiger partial charge in [0, 0.05) is 0 Å². The number of hydrogen-bond donors (Lipinski definition) is 4. The summed E-state index contributed by atoms with van der Waals surface area (Å²) in [6, 6.07) is 8.52. The van der Waals surface area contributed by atoms with E-state index in [1.807, 2.05) is 30.3 Å². The molecule has 2 amide bonds. The molecule has 0 bridgehead atoms. The molecule has 0 aliphatic carbocycles. The van der Waals surface area contributed by atoms with Crippen molar-refractivity contribution in [3.05, 3.63) is 35.9 Å². The molecule has 1 atom stereocenters. The summed E-state index contributed by atoms with van der Waals surface area (Å²) in [5, 5.41) is 9.91. The molecule has 0 aromatic heterocycles. The summed E-state index contributed by atoms with van der Waals surface area (Å²) in [5.74, 6) is -1.57. The highest BCUT2D eigenvalue weighted by atomic mass is 16.5. The smallest absolute Gasteiger partial charge is 0.408 e. The average Bonchev–Trinajstić information content (AvgIpc) is 2.46. The Kier molecular flexibility index (Phi) is 8.94. The van der Waals surface area contributed by atoms with Crippen LogP contribution in [0, 0.1) is 0 Å². The van der Waals surface area contributed by atoms with Crippen LogP contribution in [0.5, 0.6) is 0 Å². The van der Waals surface area contributed by atoms with E-state index in [0.717, 1.165) is 5.56 Å². The van der Waals surface area contributed by atoms with Crippen LogP contribution in [0.4, 0.5) is 4.79 Å². The van der Waals surface area contributed by atoms with Crippen LogP contribution < -0.4 is 16.8 Å². The van der Waals surface area contributed by atoms with Gasteiger partial charge in [0.15, 0.2) is 0 Å². The lowest BCUT2D eigenvalue weighted by molar-refractivity contribution is -0.135. The monoisotopic (exact) mass is 297 g/mol. The maximum atomic E-state index is 11.2. The largest absolute Gasteiger partial charge is 0.480 e. The summed E-state index contributed by atoms with van der Waals surface area (Å²) in [6.07, 6.45) is -0.657. The SMILES string of the molecule is CC(NC(=O)OCc1ccccc1)C(N)=O.NCC(=O)O. The van der Waals surface area contributed by atoms with E-state index in [1.165, 1.54) is 6.92 Å². The topological polar surface area (TPSA) is 145 Å². The molecule has 8 nitrogen and oxygen atoms in total. The zero-order valence-corrected chi connectivity index (χ0v) is 11.6. The predicted octanol–water partition coefficient (Wildman–Crippen LogP) is -0.184. The Morgan fingerprint density at radius 3 is 2.24 bits per heavy atom. The minimum absolute atomic E-state index is 0.165. The van der Waals surface area contributed by atoms with Crippen LogP contribution in [0.25, 0.3) is 0 Å². The van der Waals surface area contributed by atoms with E-state index in [-0.39, 0.29) is 13.2 Å². The van der Waals surface area contributed by atoms with Crippen molar-refractivity contribution in [1.29, 1.82) is 0 Å². The Bertz CT molecular complexity index is 464. The van der Waals surface area contributed by atoms with Crippen molar-refractivity contribution in [3.63, 3.8) is 0 Å². The van der Waals surface area contributed by atoms with Crippen molar-refractivity contribution in [3.8, 4) is 0 Å². The van der Waals surface area contributed by atoms with Crippen LogP contribution in [0.2, 0.25) is 0 Å². The number of benzene rings is 1. The van der Waals surface area contributed by atoms with Gasteiger partial charge in [-0.2, -0.15) is 0 Å². The number of nitrogens with two attached hydrogens (primary N) is 2. The van der Waals surface area contributed by atoms with Gasteiger partial charge in [0.1, 0.15) is 12.6 Å². The molecule has 21 heavy (non-hydrogen) atoms. The van der Waals surface area contributed by atoms with Gasteiger partial charge in [0.2, 0.25) is 5.91 Å². The molecule has 6 N–H and O–H groups in total. The van der Waals surface area contributed by atoms with Crippen LogP contribution in [-0.4, -0.2) is 35.7 Å². The molecule has 0 saturated heterocycles. The lowest BCUT2D eigenvalue weighted by Crippen LogP contribution is -2.42. The number of carboxylic acids is 1. The van der Waals surface area contributed by atoms with Gasteiger partial charge < -0.3 is 26.6 Å². The second-order valence-corrected chi connectivity index (χ2v) is 3.93. The molecule has 116 valence electrons. The molecule has 0 radical (unpaired) electrons. The molecule has 1 rings (SSSR count). The third kappa shape index (κ3) is 9.91. The third-order valence-corrected chi connectivity index (χ3v) is 2.15. The van der Waals surface area contributed by atoms with Crippen molar-refractivity contribution in [2.75, 3.05) is 6.54 Å². The van der Waals surface area contributed by atoms with Crippen molar-refractivity contribution in [2.24, 2.45) is 11.5 Å². The number of nitrogens with one attached hydrogen (secondary N) is 1. The second-order valence-electron chi connectivity index (χ2n) is 3.93. The minimum atomic E-state index is -0.968. The van der Waals surface area contributed by atoms with Crippen molar-refractivity contribution < 1.29 is 24.2 Å². The first-order chi connectivity index (χ1) is 9.86. The zero-order chi connectivity index (χ0) is 16.3. The number of aliphatic carboxylic acids is 1. The van der Waals surface area contributed by atoms with Gasteiger partial charge in [-0.05, 0) is 12.5 Å². The first-order valence-electron chi connectivity index (χ1n) is 6.05. The van der Waals surface area contributed by atoms with Crippen molar-refractivity contribution in [1.82, 2.24) is 5.32 Å². The number of carbonyl (C=O) groups is 3. The number of rotatable bonds is 5. The Morgan fingerprint density at radius 1 is 1.29 bits per heavy atom. The van der Waals surface area contributed by atoms with Gasteiger partial charge in [0.05, 0.1) is 6.54 Å². The highest BCUT2D eigenvalue weighted by Gasteiger charge is 2.12. The zero-order valence-electron chi connectivity index (χ0n) is 11.6. The van der Waals surface area contributed by atoms with Crippen LogP contribution in [0.1, 0.15) is 12.5 Å². The number of carboxylic acid groups (broad SMARTS) is 1. The third-order valence-electron chi connectivity index (χ3n) is 2.15. The normalized spacial score (nSPS) is 10.6. The lowest BCUT2D eigenvalue weighted by atomic mass is 10.2. The number of alkyl carbamates (subject to hydrolysis) is 1. The Hall–Kier alpha value is -2.61. The fourth-order valence-electron chi connectivity index (χ4n) is 1.01. The van der Waals surface area contributed by atoms with E-state index < -0.39 is 24.0 Å². The quantitative estimate of drug-likeness (QED) is 0.593. The van der Waals surface area contributed by atoms with Crippen molar-refractivity contribution in [2.45, 2.75) is 19.6 Å². The summed E-state index contributed by atoms with van der Waals surface area (Å²) in [6.45, 7) is 1.38. The van der Waals surface area contributed by atoms with E-state index in [2.05, 4.69) is 11.1 Å². The summed E-state index contributed by atoms with van der Waals surface area (Å²) >= 11 is 0. The van der Waals surface area contributed by atoms with E-state index in [9.17, 15) is 14.4 Å². The van der Waals surface area contributed by atoms with E-state index >= 15 is 0 Å². The number of hydrogen-bond acceptors (Lipinski definition) is 5. The van der Waals surface area contributed by atoms with E-state index in [1.54, 1.807) is 0 Å². The Labute approximate surface area is 122 Å². The maximum absolute atomic E-state index is 11.2. The van der Waals surface area contributed by atoms with Crippen molar-refractivity contribution >= 4 is 18.0 Å². The van der Waals surface area contributed by atoms with E-state index in [0.29, 0.717) is 0 Å². The minimum Gasteiger partial charge on any atom is -0.480 e. The summed E-state index contributed by atoms with van der Waals surface area (Å²) < 4.78 is 4.89. The highest BCUT2D eigenvalue weighted by molar-refractivity contribution is 5.83. The molecule has 0 spiro atoms. The standard InChI is InChI=1S/C11H14N2O3.C2H5NO2/c1-8(10(12)14)13-11(15)16-7-9-5-3-2-4-6-9;3-1-2(4)5/h2-6,8H,7H2,1H3,(H2,12,14)(H,13,15);1,3H2,(H,4,5). The first-order valence-corrected chi connectivity index (χ1v) is 6.05. The fourth-order valence-corrected chi connectivity index (χ4v) is 1.01. The van der Waals surface area contributed by atoms with Crippen LogP contribution in [-0.2, 0) is 20.9 Å². The van der Waals surface area contributed by atoms with E-state index in [4.69, 9.17) is 15.6 Å². The molecule has 0 saturated carbocycles.